The zero-order valence-electron chi connectivity index (χ0n) is 13.1. The Morgan fingerprint density at radius 1 is 1.09 bits per heavy atom. The van der Waals surface area contributed by atoms with Gasteiger partial charge in [-0.1, -0.05) is 30.0 Å². The van der Waals surface area contributed by atoms with Gasteiger partial charge in [-0.2, -0.15) is 0 Å². The molecular formula is C18H22N2OS. The topological polar surface area (TPSA) is 41.1 Å². The highest BCUT2D eigenvalue weighted by atomic mass is 32.2. The molecule has 0 bridgehead atoms. The van der Waals surface area contributed by atoms with Crippen LogP contribution >= 0.6 is 11.8 Å². The summed E-state index contributed by atoms with van der Waals surface area (Å²) in [6, 6.07) is 16.4. The van der Waals surface area contributed by atoms with Crippen molar-refractivity contribution in [1.29, 1.82) is 0 Å². The van der Waals surface area contributed by atoms with Crippen LogP contribution in [0.5, 0.6) is 0 Å². The Labute approximate surface area is 136 Å². The molecule has 0 fully saturated rings. The van der Waals surface area contributed by atoms with Crippen molar-refractivity contribution < 1.29 is 4.79 Å². The maximum Gasteiger partial charge on any atom is 0.224 e. The molecular weight excluding hydrogens is 292 g/mol. The van der Waals surface area contributed by atoms with Crippen molar-refractivity contribution in [2.24, 2.45) is 0 Å². The minimum atomic E-state index is 0.0711. The van der Waals surface area contributed by atoms with E-state index in [0.717, 1.165) is 24.2 Å². The van der Waals surface area contributed by atoms with Gasteiger partial charge in [0, 0.05) is 21.9 Å². The molecule has 0 saturated heterocycles. The number of carbonyl (C=O) groups excluding carboxylic acids is 1. The number of anilines is 1. The predicted octanol–water partition coefficient (Wildman–Crippen LogP) is 4.08. The Bertz CT molecular complexity index is 614. The Kier molecular flexibility index (Phi) is 6.49. The van der Waals surface area contributed by atoms with Crippen molar-refractivity contribution in [3.05, 3.63) is 54.1 Å². The van der Waals surface area contributed by atoms with Crippen LogP contribution in [-0.2, 0) is 4.79 Å². The molecule has 1 amide bonds. The summed E-state index contributed by atoms with van der Waals surface area (Å²) < 4.78 is 0. The van der Waals surface area contributed by atoms with E-state index >= 15 is 0 Å². The van der Waals surface area contributed by atoms with Crippen LogP contribution in [0.15, 0.2) is 58.3 Å². The summed E-state index contributed by atoms with van der Waals surface area (Å²) in [5.74, 6) is 0.0711. The maximum absolute atomic E-state index is 11.9. The van der Waals surface area contributed by atoms with Crippen molar-refractivity contribution in [2.75, 3.05) is 18.9 Å². The lowest BCUT2D eigenvalue weighted by Gasteiger charge is -2.10. The van der Waals surface area contributed by atoms with E-state index in [2.05, 4.69) is 28.8 Å². The van der Waals surface area contributed by atoms with Crippen LogP contribution in [0.1, 0.15) is 18.4 Å². The smallest absolute Gasteiger partial charge is 0.224 e. The zero-order chi connectivity index (χ0) is 15.8. The van der Waals surface area contributed by atoms with Crippen molar-refractivity contribution in [3.63, 3.8) is 0 Å². The second kappa shape index (κ2) is 8.61. The number of nitrogens with one attached hydrogen (secondary N) is 2. The third kappa shape index (κ3) is 5.20. The molecule has 2 aromatic rings. The van der Waals surface area contributed by atoms with E-state index < -0.39 is 0 Å². The van der Waals surface area contributed by atoms with Gasteiger partial charge < -0.3 is 10.6 Å². The summed E-state index contributed by atoms with van der Waals surface area (Å²) in [5.41, 5.74) is 1.98. The van der Waals surface area contributed by atoms with E-state index in [9.17, 15) is 4.79 Å². The first kappa shape index (κ1) is 16.6. The van der Waals surface area contributed by atoms with Crippen LogP contribution in [0, 0.1) is 6.92 Å². The van der Waals surface area contributed by atoms with Crippen LogP contribution in [0.4, 0.5) is 5.69 Å². The first-order chi connectivity index (χ1) is 10.7. The molecule has 2 aromatic carbocycles. The lowest BCUT2D eigenvalue weighted by Crippen LogP contribution is -2.15. The third-order valence-electron chi connectivity index (χ3n) is 3.28. The fraction of sp³-hybridized carbons (Fsp3) is 0.278. The molecule has 22 heavy (non-hydrogen) atoms. The van der Waals surface area contributed by atoms with E-state index in [1.165, 1.54) is 9.79 Å². The van der Waals surface area contributed by atoms with E-state index in [4.69, 9.17) is 0 Å². The van der Waals surface area contributed by atoms with Crippen molar-refractivity contribution in [2.45, 2.75) is 29.6 Å². The summed E-state index contributed by atoms with van der Waals surface area (Å²) in [6.07, 6.45) is 1.39. The molecule has 0 aromatic heterocycles. The van der Waals surface area contributed by atoms with Crippen LogP contribution in [-0.4, -0.2) is 19.5 Å². The number of aryl methyl sites for hydroxylation is 1. The third-order valence-corrected chi connectivity index (χ3v) is 4.28. The monoisotopic (exact) mass is 314 g/mol. The largest absolute Gasteiger partial charge is 0.326 e. The van der Waals surface area contributed by atoms with Crippen LogP contribution in [0.3, 0.4) is 0 Å². The molecule has 0 aliphatic rings. The van der Waals surface area contributed by atoms with E-state index in [1.54, 1.807) is 11.8 Å². The summed E-state index contributed by atoms with van der Waals surface area (Å²) in [4.78, 5) is 14.3. The van der Waals surface area contributed by atoms with Crippen molar-refractivity contribution in [1.82, 2.24) is 5.32 Å². The average molecular weight is 314 g/mol. The second-order valence-corrected chi connectivity index (χ2v) is 6.29. The number of carbonyl (C=O) groups is 1. The molecule has 4 heteroatoms. The number of hydrogen-bond acceptors (Lipinski definition) is 3. The molecule has 0 unspecified atom stereocenters. The lowest BCUT2D eigenvalue weighted by molar-refractivity contribution is -0.116. The van der Waals surface area contributed by atoms with Gasteiger partial charge in [0.1, 0.15) is 0 Å². The predicted molar refractivity (Wildman–Crippen MR) is 93.5 cm³/mol. The summed E-state index contributed by atoms with van der Waals surface area (Å²) in [7, 11) is 1.89. The number of hydrogen-bond donors (Lipinski definition) is 2. The Balaban J connectivity index is 1.96. The number of benzene rings is 2. The molecule has 0 radical (unpaired) electrons. The normalized spacial score (nSPS) is 10.5. The van der Waals surface area contributed by atoms with Crippen LogP contribution in [0.2, 0.25) is 0 Å². The molecule has 2 rings (SSSR count). The fourth-order valence-electron chi connectivity index (χ4n) is 2.10. The van der Waals surface area contributed by atoms with E-state index in [-0.39, 0.29) is 5.91 Å². The average Bonchev–Trinajstić information content (AvgIpc) is 2.51. The lowest BCUT2D eigenvalue weighted by atomic mass is 10.2. The minimum absolute atomic E-state index is 0.0711. The van der Waals surface area contributed by atoms with Gasteiger partial charge in [-0.3, -0.25) is 4.79 Å². The molecule has 3 nitrogen and oxygen atoms in total. The van der Waals surface area contributed by atoms with Gasteiger partial charge in [0.2, 0.25) is 5.91 Å². The molecule has 0 saturated carbocycles. The van der Waals surface area contributed by atoms with Gasteiger partial charge in [-0.05, 0) is 62.8 Å². The van der Waals surface area contributed by atoms with Gasteiger partial charge in [-0.25, -0.2) is 0 Å². The van der Waals surface area contributed by atoms with Crippen molar-refractivity contribution >= 4 is 23.4 Å². The van der Waals surface area contributed by atoms with Gasteiger partial charge in [0.05, 0.1) is 0 Å². The molecule has 0 aliphatic heterocycles. The summed E-state index contributed by atoms with van der Waals surface area (Å²) in [6.45, 7) is 2.89. The van der Waals surface area contributed by atoms with Gasteiger partial charge >= 0.3 is 0 Å². The van der Waals surface area contributed by atoms with Crippen molar-refractivity contribution in [3.8, 4) is 0 Å². The molecule has 0 heterocycles. The number of amides is 1. The first-order valence-corrected chi connectivity index (χ1v) is 8.28. The van der Waals surface area contributed by atoms with Crippen LogP contribution < -0.4 is 10.6 Å². The molecule has 116 valence electrons. The SMILES string of the molecule is CNCCCC(=O)Nc1ccc(Sc2ccccc2)cc1C. The molecule has 0 atom stereocenters. The highest BCUT2D eigenvalue weighted by molar-refractivity contribution is 7.99. The summed E-state index contributed by atoms with van der Waals surface area (Å²) in [5, 5.41) is 6.03. The van der Waals surface area contributed by atoms with E-state index in [0.29, 0.717) is 6.42 Å². The quantitative estimate of drug-likeness (QED) is 0.757. The van der Waals surface area contributed by atoms with Gasteiger partial charge in [0.25, 0.3) is 0 Å². The molecule has 0 spiro atoms. The Morgan fingerprint density at radius 2 is 1.86 bits per heavy atom. The molecule has 2 N–H and O–H groups in total. The van der Waals surface area contributed by atoms with E-state index in [1.807, 2.05) is 44.3 Å². The minimum Gasteiger partial charge on any atom is -0.326 e. The molecule has 0 aliphatic carbocycles. The first-order valence-electron chi connectivity index (χ1n) is 7.47. The standard InChI is InChI=1S/C18H22N2OS/c1-14-13-16(22-15-7-4-3-5-8-15)10-11-17(14)20-18(21)9-6-12-19-2/h3-5,7-8,10-11,13,19H,6,9,12H2,1-2H3,(H,20,21). The number of rotatable bonds is 7. The summed E-state index contributed by atoms with van der Waals surface area (Å²) >= 11 is 1.73. The zero-order valence-corrected chi connectivity index (χ0v) is 13.9. The Hall–Kier alpha value is -1.78. The Morgan fingerprint density at radius 3 is 2.55 bits per heavy atom. The second-order valence-electron chi connectivity index (χ2n) is 5.15. The highest BCUT2D eigenvalue weighted by Crippen LogP contribution is 2.30. The maximum atomic E-state index is 11.9. The van der Waals surface area contributed by atoms with Gasteiger partial charge in [0.15, 0.2) is 0 Å². The van der Waals surface area contributed by atoms with Gasteiger partial charge in [-0.15, -0.1) is 0 Å². The fourth-order valence-corrected chi connectivity index (χ4v) is 3.04. The highest BCUT2D eigenvalue weighted by Gasteiger charge is 2.06. The van der Waals surface area contributed by atoms with Crippen LogP contribution in [0.25, 0.3) is 0 Å².